The third-order valence-corrected chi connectivity index (χ3v) is 5.65. The number of rotatable bonds is 7. The third kappa shape index (κ3) is 4.39. The van der Waals surface area contributed by atoms with Gasteiger partial charge in [-0.3, -0.25) is 19.3 Å². The summed E-state index contributed by atoms with van der Waals surface area (Å²) in [5.74, 6) is -0.835. The number of primary amides is 1. The second-order valence-corrected chi connectivity index (χ2v) is 7.82. The Hall–Kier alpha value is -3.94. The molecule has 8 heteroatoms. The zero-order valence-electron chi connectivity index (χ0n) is 18.2. The molecule has 0 saturated heterocycles. The molecule has 0 radical (unpaired) electrons. The minimum Gasteiger partial charge on any atom is -0.368 e. The van der Waals surface area contributed by atoms with Crippen molar-refractivity contribution in [2.45, 2.75) is 39.4 Å². The van der Waals surface area contributed by atoms with Crippen LogP contribution in [0.1, 0.15) is 28.9 Å². The number of nitrogens with one attached hydrogen (secondary N) is 1. The lowest BCUT2D eigenvalue weighted by Crippen LogP contribution is -2.39. The smallest absolute Gasteiger partial charge is 0.267 e. The second kappa shape index (κ2) is 9.05. The molecule has 0 aliphatic carbocycles. The predicted molar refractivity (Wildman–Crippen MR) is 123 cm³/mol. The number of nitrogens with two attached hydrogens (primary N) is 1. The van der Waals surface area contributed by atoms with Crippen LogP contribution in [-0.4, -0.2) is 33.3 Å². The van der Waals surface area contributed by atoms with E-state index in [1.807, 2.05) is 67.1 Å². The van der Waals surface area contributed by atoms with Gasteiger partial charge < -0.3 is 11.1 Å². The van der Waals surface area contributed by atoms with Gasteiger partial charge >= 0.3 is 0 Å². The highest BCUT2D eigenvalue weighted by Gasteiger charge is 2.34. The maximum Gasteiger partial charge on any atom is 0.267 e. The zero-order valence-corrected chi connectivity index (χ0v) is 18.2. The van der Waals surface area contributed by atoms with Gasteiger partial charge in [0.1, 0.15) is 11.8 Å². The van der Waals surface area contributed by atoms with Crippen LogP contribution in [0.5, 0.6) is 0 Å². The maximum absolute atomic E-state index is 12.8. The Kier molecular flexibility index (Phi) is 6.02. The quantitative estimate of drug-likeness (QED) is 0.600. The minimum atomic E-state index is -0.685. The number of aromatic nitrogens is 2. The van der Waals surface area contributed by atoms with Crippen LogP contribution < -0.4 is 16.1 Å². The van der Waals surface area contributed by atoms with E-state index in [2.05, 4.69) is 27.6 Å². The van der Waals surface area contributed by atoms with Crippen LogP contribution in [0.25, 0.3) is 0 Å². The number of benzene rings is 2. The number of aryl methyl sites for hydroxylation is 1. The first kappa shape index (κ1) is 21.3. The summed E-state index contributed by atoms with van der Waals surface area (Å²) in [6.45, 7) is 4.93. The van der Waals surface area contributed by atoms with Crippen molar-refractivity contribution in [3.05, 3.63) is 83.2 Å². The standard InChI is InChI=1S/C24H26N6O2/c1-16-20(17(2)29(27-16)15-18-9-5-3-6-10-18)14-26-24(32)21-13-22(23(25)31)30(28-21)19-11-7-4-8-12-19/h3-12,22H,13-15H2,1-2H3,(H2,25,31)(H,26,32). The molecular formula is C24H26N6O2. The minimum absolute atomic E-state index is 0.168. The number of hydrazone groups is 1. The van der Waals surface area contributed by atoms with Crippen molar-refractivity contribution >= 4 is 23.2 Å². The number of amides is 2. The maximum atomic E-state index is 12.8. The Bertz CT molecular complexity index is 1150. The highest BCUT2D eigenvalue weighted by molar-refractivity contribution is 6.40. The molecule has 164 valence electrons. The van der Waals surface area contributed by atoms with E-state index in [1.54, 1.807) is 0 Å². The fourth-order valence-corrected chi connectivity index (χ4v) is 3.86. The van der Waals surface area contributed by atoms with Gasteiger partial charge in [0.2, 0.25) is 5.91 Å². The lowest BCUT2D eigenvalue weighted by atomic mass is 10.1. The zero-order chi connectivity index (χ0) is 22.7. The number of carbonyl (C=O) groups is 2. The molecule has 1 unspecified atom stereocenters. The Balaban J connectivity index is 1.46. The van der Waals surface area contributed by atoms with Gasteiger partial charge in [0.25, 0.3) is 5.91 Å². The fourth-order valence-electron chi connectivity index (χ4n) is 3.86. The number of carbonyl (C=O) groups excluding carboxylic acids is 2. The van der Waals surface area contributed by atoms with E-state index in [4.69, 9.17) is 5.73 Å². The van der Waals surface area contributed by atoms with E-state index in [9.17, 15) is 9.59 Å². The van der Waals surface area contributed by atoms with Gasteiger partial charge in [-0.05, 0) is 31.5 Å². The summed E-state index contributed by atoms with van der Waals surface area (Å²) in [5.41, 5.74) is 10.6. The van der Waals surface area contributed by atoms with E-state index < -0.39 is 11.9 Å². The van der Waals surface area contributed by atoms with Crippen molar-refractivity contribution in [2.75, 3.05) is 5.01 Å². The lowest BCUT2D eigenvalue weighted by Gasteiger charge is -2.20. The first-order valence-corrected chi connectivity index (χ1v) is 10.5. The summed E-state index contributed by atoms with van der Waals surface area (Å²) in [6.07, 6.45) is 0.168. The third-order valence-electron chi connectivity index (χ3n) is 5.65. The summed E-state index contributed by atoms with van der Waals surface area (Å²) < 4.78 is 1.94. The van der Waals surface area contributed by atoms with Crippen molar-refractivity contribution in [3.8, 4) is 0 Å². The van der Waals surface area contributed by atoms with Crippen LogP contribution >= 0.6 is 0 Å². The molecule has 1 aliphatic heterocycles. The van der Waals surface area contributed by atoms with Gasteiger partial charge in [-0.2, -0.15) is 10.2 Å². The summed E-state index contributed by atoms with van der Waals surface area (Å²) >= 11 is 0. The molecule has 1 aliphatic rings. The average molecular weight is 431 g/mol. The summed E-state index contributed by atoms with van der Waals surface area (Å²) in [7, 11) is 0. The van der Waals surface area contributed by atoms with Gasteiger partial charge in [0, 0.05) is 24.2 Å². The fraction of sp³-hybridized carbons (Fsp3) is 0.250. The molecule has 0 bridgehead atoms. The van der Waals surface area contributed by atoms with E-state index in [-0.39, 0.29) is 18.0 Å². The van der Waals surface area contributed by atoms with Crippen LogP contribution in [0.15, 0.2) is 65.8 Å². The first-order valence-electron chi connectivity index (χ1n) is 10.5. The number of hydrogen-bond donors (Lipinski definition) is 2. The molecule has 3 N–H and O–H groups in total. The van der Waals surface area contributed by atoms with Crippen LogP contribution in [-0.2, 0) is 22.7 Å². The van der Waals surface area contributed by atoms with E-state index in [0.29, 0.717) is 18.8 Å². The van der Waals surface area contributed by atoms with Gasteiger partial charge in [0.15, 0.2) is 0 Å². The molecule has 3 aromatic rings. The monoisotopic (exact) mass is 430 g/mol. The normalized spacial score (nSPS) is 15.5. The first-order chi connectivity index (χ1) is 15.4. The van der Waals surface area contributed by atoms with Crippen LogP contribution in [0.4, 0.5) is 5.69 Å². The largest absolute Gasteiger partial charge is 0.368 e. The topological polar surface area (TPSA) is 106 Å². The van der Waals surface area contributed by atoms with Crippen LogP contribution in [0.3, 0.4) is 0 Å². The van der Waals surface area contributed by atoms with Crippen LogP contribution in [0, 0.1) is 13.8 Å². The molecule has 8 nitrogen and oxygen atoms in total. The molecule has 1 aromatic heterocycles. The molecule has 4 rings (SSSR count). The summed E-state index contributed by atoms with van der Waals surface area (Å²) in [6, 6.07) is 18.6. The summed E-state index contributed by atoms with van der Waals surface area (Å²) in [5, 5.41) is 13.5. The number of nitrogens with zero attached hydrogens (tertiary/aromatic N) is 4. The van der Waals surface area contributed by atoms with Crippen molar-refractivity contribution in [2.24, 2.45) is 10.8 Å². The molecule has 1 atom stereocenters. The molecule has 0 saturated carbocycles. The van der Waals surface area contributed by atoms with Crippen molar-refractivity contribution in [1.82, 2.24) is 15.1 Å². The second-order valence-electron chi connectivity index (χ2n) is 7.82. The van der Waals surface area contributed by atoms with Gasteiger partial charge in [-0.15, -0.1) is 0 Å². The average Bonchev–Trinajstić information content (AvgIpc) is 3.36. The summed E-state index contributed by atoms with van der Waals surface area (Å²) in [4.78, 5) is 24.8. The van der Waals surface area contributed by atoms with Crippen LogP contribution in [0.2, 0.25) is 0 Å². The SMILES string of the molecule is Cc1nn(Cc2ccccc2)c(C)c1CNC(=O)C1=NN(c2ccccc2)C(C(N)=O)C1. The highest BCUT2D eigenvalue weighted by atomic mass is 16.2. The van der Waals surface area contributed by atoms with E-state index >= 15 is 0 Å². The van der Waals surface area contributed by atoms with E-state index in [0.717, 1.165) is 22.5 Å². The van der Waals surface area contributed by atoms with Gasteiger partial charge in [-0.25, -0.2) is 0 Å². The molecule has 0 spiro atoms. The molecular weight excluding hydrogens is 404 g/mol. The van der Waals surface area contributed by atoms with E-state index in [1.165, 1.54) is 5.01 Å². The molecule has 2 heterocycles. The number of para-hydroxylation sites is 1. The molecule has 0 fully saturated rings. The van der Waals surface area contributed by atoms with Gasteiger partial charge in [0.05, 0.1) is 17.9 Å². The van der Waals surface area contributed by atoms with Gasteiger partial charge in [-0.1, -0.05) is 48.5 Å². The predicted octanol–water partition coefficient (Wildman–Crippen LogP) is 2.28. The highest BCUT2D eigenvalue weighted by Crippen LogP contribution is 2.24. The number of hydrogen-bond acceptors (Lipinski definition) is 5. The molecule has 2 aromatic carbocycles. The Morgan fingerprint density at radius 3 is 2.38 bits per heavy atom. The molecule has 32 heavy (non-hydrogen) atoms. The Morgan fingerprint density at radius 1 is 1.06 bits per heavy atom. The van der Waals surface area contributed by atoms with Crippen molar-refractivity contribution in [3.63, 3.8) is 0 Å². The number of anilines is 1. The Morgan fingerprint density at radius 2 is 1.72 bits per heavy atom. The van der Waals surface area contributed by atoms with Crippen molar-refractivity contribution < 1.29 is 9.59 Å². The lowest BCUT2D eigenvalue weighted by molar-refractivity contribution is -0.119. The Labute approximate surface area is 186 Å². The molecule has 2 amide bonds. The van der Waals surface area contributed by atoms with Crippen molar-refractivity contribution in [1.29, 1.82) is 0 Å².